The molecule has 2 aromatic rings. The fourth-order valence-corrected chi connectivity index (χ4v) is 10.1. The molecule has 2 atom stereocenters. The van der Waals surface area contributed by atoms with Crippen molar-refractivity contribution in [3.63, 3.8) is 0 Å². The summed E-state index contributed by atoms with van der Waals surface area (Å²) in [6.45, 7) is 4.95. The molecule has 2 saturated carbocycles. The van der Waals surface area contributed by atoms with Crippen molar-refractivity contribution in [2.24, 2.45) is 0 Å². The molecule has 2 fully saturated rings. The zero-order valence-electron chi connectivity index (χ0n) is 16.8. The number of benzene rings is 2. The SMILES string of the molecule is C1CCCC1.CP(C)C1CCCC1P(c1ccccc1)c1ccccc1.[Fe]. The second kappa shape index (κ2) is 12.4. The molecule has 0 aliphatic heterocycles. The largest absolute Gasteiger partial charge is 0.109 e. The van der Waals surface area contributed by atoms with Crippen LogP contribution >= 0.6 is 15.8 Å². The zero-order chi connectivity index (χ0) is 18.2. The predicted molar refractivity (Wildman–Crippen MR) is 122 cm³/mol. The van der Waals surface area contributed by atoms with Crippen LogP contribution in [-0.2, 0) is 17.1 Å². The summed E-state index contributed by atoms with van der Waals surface area (Å²) in [5, 5.41) is 3.12. The number of hydrogen-bond donors (Lipinski definition) is 0. The summed E-state index contributed by atoms with van der Waals surface area (Å²) >= 11 is 0. The van der Waals surface area contributed by atoms with E-state index in [2.05, 4.69) is 74.0 Å². The molecule has 27 heavy (non-hydrogen) atoms. The average Bonchev–Trinajstić information content (AvgIpc) is 3.39. The van der Waals surface area contributed by atoms with Gasteiger partial charge in [0.05, 0.1) is 0 Å². The Morgan fingerprint density at radius 3 is 1.41 bits per heavy atom. The molecular weight excluding hydrogens is 406 g/mol. The Bertz CT molecular complexity index is 578. The van der Waals surface area contributed by atoms with Gasteiger partial charge in [0.15, 0.2) is 0 Å². The van der Waals surface area contributed by atoms with E-state index in [0.717, 1.165) is 11.3 Å². The summed E-state index contributed by atoms with van der Waals surface area (Å²) in [4.78, 5) is 0. The molecule has 0 spiro atoms. The molecule has 0 nitrogen and oxygen atoms in total. The standard InChI is InChI=1S/C19H24P2.C5H10.Fe/c1-20(2)18-14-9-15-19(18)21(16-10-5-3-6-11-16)17-12-7-4-8-13-17;1-2-4-5-3-1;/h3-8,10-13,18-19H,9,14-15H2,1-2H3;1-5H2;. The van der Waals surface area contributed by atoms with Gasteiger partial charge < -0.3 is 0 Å². The molecule has 0 saturated heterocycles. The quantitative estimate of drug-likeness (QED) is 0.365. The van der Waals surface area contributed by atoms with Gasteiger partial charge in [0.2, 0.25) is 0 Å². The Kier molecular flexibility index (Phi) is 10.6. The van der Waals surface area contributed by atoms with Crippen molar-refractivity contribution < 1.29 is 17.1 Å². The third kappa shape index (κ3) is 6.68. The topological polar surface area (TPSA) is 0 Å². The van der Waals surface area contributed by atoms with Gasteiger partial charge in [0.25, 0.3) is 0 Å². The van der Waals surface area contributed by atoms with E-state index in [1.807, 2.05) is 0 Å². The molecule has 0 bridgehead atoms. The predicted octanol–water partition coefficient (Wildman–Crippen LogP) is 6.73. The van der Waals surface area contributed by atoms with Gasteiger partial charge in [-0.2, -0.15) is 0 Å². The molecule has 2 aliphatic carbocycles. The molecule has 0 heterocycles. The summed E-state index contributed by atoms with van der Waals surface area (Å²) in [7, 11) is -0.0454. The van der Waals surface area contributed by atoms with E-state index in [4.69, 9.17) is 0 Å². The minimum absolute atomic E-state index is 0. The van der Waals surface area contributed by atoms with Gasteiger partial charge in [-0.25, -0.2) is 0 Å². The maximum atomic E-state index is 2.47. The van der Waals surface area contributed by atoms with Crippen LogP contribution in [-0.4, -0.2) is 24.6 Å². The van der Waals surface area contributed by atoms with Crippen molar-refractivity contribution in [1.29, 1.82) is 0 Å². The van der Waals surface area contributed by atoms with Crippen LogP contribution in [0.25, 0.3) is 0 Å². The maximum Gasteiger partial charge on any atom is 0 e. The molecule has 0 N–H and O–H groups in total. The van der Waals surface area contributed by atoms with Gasteiger partial charge in [-0.3, -0.25) is 0 Å². The van der Waals surface area contributed by atoms with Crippen molar-refractivity contribution in [2.45, 2.75) is 62.7 Å². The molecular formula is C24H34FeP2. The Hall–Kier alpha value is -0.181. The van der Waals surface area contributed by atoms with Gasteiger partial charge in [0, 0.05) is 17.1 Å². The summed E-state index contributed by atoms with van der Waals surface area (Å²) in [6.07, 6.45) is 11.8. The fourth-order valence-electron chi connectivity index (χ4n) is 4.42. The van der Waals surface area contributed by atoms with Crippen molar-refractivity contribution in [3.8, 4) is 0 Å². The van der Waals surface area contributed by atoms with Crippen LogP contribution in [0, 0.1) is 0 Å². The number of hydrogen-bond acceptors (Lipinski definition) is 0. The third-order valence-electron chi connectivity index (χ3n) is 5.76. The van der Waals surface area contributed by atoms with Gasteiger partial charge in [-0.1, -0.05) is 99.2 Å². The Morgan fingerprint density at radius 2 is 1.00 bits per heavy atom. The smallest absolute Gasteiger partial charge is 0 e. The van der Waals surface area contributed by atoms with Crippen molar-refractivity contribution in [2.75, 3.05) is 13.3 Å². The van der Waals surface area contributed by atoms with Crippen molar-refractivity contribution in [3.05, 3.63) is 60.7 Å². The van der Waals surface area contributed by atoms with Crippen LogP contribution in [0.1, 0.15) is 51.4 Å². The average molecular weight is 440 g/mol. The first-order valence-corrected chi connectivity index (χ1v) is 14.0. The van der Waals surface area contributed by atoms with Gasteiger partial charge in [-0.05, 0) is 56.0 Å². The minimum Gasteiger partial charge on any atom is -0.109 e. The normalized spacial score (nSPS) is 21.6. The van der Waals surface area contributed by atoms with Crippen molar-refractivity contribution in [1.82, 2.24) is 0 Å². The molecule has 4 rings (SSSR count). The van der Waals surface area contributed by atoms with E-state index in [-0.39, 0.29) is 32.9 Å². The molecule has 148 valence electrons. The first kappa shape index (κ1) is 23.1. The Balaban J connectivity index is 0.000000379. The van der Waals surface area contributed by atoms with Crippen LogP contribution in [0.4, 0.5) is 0 Å². The van der Waals surface area contributed by atoms with Gasteiger partial charge in [-0.15, -0.1) is 7.92 Å². The minimum atomic E-state index is -0.208. The van der Waals surface area contributed by atoms with Crippen LogP contribution < -0.4 is 10.6 Å². The Labute approximate surface area is 179 Å². The molecule has 0 amide bonds. The third-order valence-corrected chi connectivity index (χ3v) is 10.9. The summed E-state index contributed by atoms with van der Waals surface area (Å²) in [5.41, 5.74) is 1.83. The van der Waals surface area contributed by atoms with Crippen LogP contribution in [0.2, 0.25) is 0 Å². The summed E-state index contributed by atoms with van der Waals surface area (Å²) in [6, 6.07) is 22.5. The molecule has 2 aliphatic rings. The monoisotopic (exact) mass is 440 g/mol. The van der Waals surface area contributed by atoms with E-state index >= 15 is 0 Å². The molecule has 2 unspecified atom stereocenters. The van der Waals surface area contributed by atoms with Gasteiger partial charge in [0.1, 0.15) is 0 Å². The fraction of sp³-hybridized carbons (Fsp3) is 0.500. The summed E-state index contributed by atoms with van der Waals surface area (Å²) in [5.74, 6) is 0. The first-order valence-electron chi connectivity index (χ1n) is 10.3. The molecule has 0 aromatic heterocycles. The molecule has 3 heteroatoms. The maximum absolute atomic E-state index is 2.47. The molecule has 2 aromatic carbocycles. The second-order valence-corrected chi connectivity index (χ2v) is 12.9. The summed E-state index contributed by atoms with van der Waals surface area (Å²) < 4.78 is 0. The Morgan fingerprint density at radius 1 is 0.593 bits per heavy atom. The van der Waals surface area contributed by atoms with E-state index < -0.39 is 0 Å². The second-order valence-electron chi connectivity index (χ2n) is 7.84. The van der Waals surface area contributed by atoms with Crippen LogP contribution in [0.5, 0.6) is 0 Å². The zero-order valence-corrected chi connectivity index (χ0v) is 19.7. The van der Waals surface area contributed by atoms with E-state index in [0.29, 0.717) is 0 Å². The van der Waals surface area contributed by atoms with Gasteiger partial charge >= 0.3 is 0 Å². The van der Waals surface area contributed by atoms with E-state index in [1.54, 1.807) is 10.6 Å². The van der Waals surface area contributed by atoms with E-state index in [1.165, 1.54) is 51.4 Å². The van der Waals surface area contributed by atoms with Crippen LogP contribution in [0.15, 0.2) is 60.7 Å². The molecule has 0 radical (unpaired) electrons. The first-order chi connectivity index (χ1) is 12.8. The van der Waals surface area contributed by atoms with E-state index in [9.17, 15) is 0 Å². The number of rotatable bonds is 4. The van der Waals surface area contributed by atoms with Crippen LogP contribution in [0.3, 0.4) is 0 Å². The van der Waals surface area contributed by atoms with Crippen molar-refractivity contribution >= 4 is 26.5 Å².